The number of halogens is 2. The third kappa shape index (κ3) is 5.38. The van der Waals surface area contributed by atoms with Crippen LogP contribution < -0.4 is 16.0 Å². The second kappa shape index (κ2) is 9.30. The number of hydrogen-bond donors (Lipinski definition) is 3. The van der Waals surface area contributed by atoms with Crippen LogP contribution in [0.5, 0.6) is 0 Å². The second-order valence-corrected chi connectivity index (χ2v) is 9.39. The number of amides is 2. The standard InChI is InChI=1S/C26H23Cl2N3O2/c1-26(2)15-16-5-3-4-6-21(16)23(31-26)22(24(32)29-19-11-7-17(27)8-12-19)25(33)30-20-13-9-18(28)10-14-20/h3-14,31H,15H2,1-2H3,(H,29,32)(H,30,33). The minimum absolute atomic E-state index is 0.0138. The van der Waals surface area contributed by atoms with Crippen molar-refractivity contribution in [3.63, 3.8) is 0 Å². The molecular weight excluding hydrogens is 457 g/mol. The fraction of sp³-hybridized carbons (Fsp3) is 0.154. The molecule has 0 saturated carbocycles. The molecule has 0 bridgehead atoms. The van der Waals surface area contributed by atoms with E-state index in [9.17, 15) is 9.59 Å². The highest BCUT2D eigenvalue weighted by Gasteiger charge is 2.33. The number of rotatable bonds is 4. The SMILES string of the molecule is CC1(C)Cc2ccccc2C(=C(C(=O)Nc2ccc(Cl)cc2)C(=O)Nc2ccc(Cl)cc2)N1. The van der Waals surface area contributed by atoms with Gasteiger partial charge in [0.05, 0.1) is 5.70 Å². The summed E-state index contributed by atoms with van der Waals surface area (Å²) in [5.41, 5.74) is 3.07. The molecule has 1 aliphatic heterocycles. The van der Waals surface area contributed by atoms with Crippen LogP contribution in [0.1, 0.15) is 25.0 Å². The summed E-state index contributed by atoms with van der Waals surface area (Å²) < 4.78 is 0. The highest BCUT2D eigenvalue weighted by molar-refractivity contribution is 6.32. The van der Waals surface area contributed by atoms with E-state index >= 15 is 0 Å². The van der Waals surface area contributed by atoms with Crippen molar-refractivity contribution in [2.24, 2.45) is 0 Å². The number of nitrogens with one attached hydrogen (secondary N) is 3. The van der Waals surface area contributed by atoms with Crippen molar-refractivity contribution in [1.82, 2.24) is 5.32 Å². The number of anilines is 2. The van der Waals surface area contributed by atoms with Gasteiger partial charge in [-0.15, -0.1) is 0 Å². The van der Waals surface area contributed by atoms with E-state index in [2.05, 4.69) is 16.0 Å². The highest BCUT2D eigenvalue weighted by atomic mass is 35.5. The molecule has 0 fully saturated rings. The number of fused-ring (bicyclic) bond motifs is 1. The molecule has 1 aliphatic rings. The number of hydrogen-bond acceptors (Lipinski definition) is 3. The minimum Gasteiger partial charge on any atom is -0.379 e. The van der Waals surface area contributed by atoms with E-state index in [1.54, 1.807) is 48.5 Å². The van der Waals surface area contributed by atoms with Crippen LogP contribution in [-0.2, 0) is 16.0 Å². The van der Waals surface area contributed by atoms with E-state index in [1.807, 2.05) is 38.1 Å². The van der Waals surface area contributed by atoms with Gasteiger partial charge in [0.25, 0.3) is 11.8 Å². The van der Waals surface area contributed by atoms with Crippen LogP contribution >= 0.6 is 23.2 Å². The average molecular weight is 480 g/mol. The Morgan fingerprint density at radius 2 is 1.27 bits per heavy atom. The Hall–Kier alpha value is -3.28. The van der Waals surface area contributed by atoms with Gasteiger partial charge >= 0.3 is 0 Å². The van der Waals surface area contributed by atoms with Crippen molar-refractivity contribution in [2.45, 2.75) is 25.8 Å². The number of benzene rings is 3. The van der Waals surface area contributed by atoms with E-state index < -0.39 is 11.8 Å². The van der Waals surface area contributed by atoms with E-state index in [4.69, 9.17) is 23.2 Å². The van der Waals surface area contributed by atoms with Gasteiger partial charge in [0.15, 0.2) is 0 Å². The molecule has 0 aliphatic carbocycles. The Bertz CT molecular complexity index is 1170. The predicted molar refractivity (Wildman–Crippen MR) is 134 cm³/mol. The van der Waals surface area contributed by atoms with E-state index in [-0.39, 0.29) is 11.1 Å². The fourth-order valence-electron chi connectivity index (χ4n) is 3.83. The van der Waals surface area contributed by atoms with Crippen LogP contribution in [0.3, 0.4) is 0 Å². The molecule has 2 amide bonds. The van der Waals surface area contributed by atoms with Crippen molar-refractivity contribution in [1.29, 1.82) is 0 Å². The Morgan fingerprint density at radius 3 is 1.79 bits per heavy atom. The van der Waals surface area contributed by atoms with Crippen LogP contribution in [0.25, 0.3) is 5.70 Å². The lowest BCUT2D eigenvalue weighted by molar-refractivity contribution is -0.118. The summed E-state index contributed by atoms with van der Waals surface area (Å²) in [5, 5.41) is 10.2. The Morgan fingerprint density at radius 1 is 0.788 bits per heavy atom. The zero-order valence-corrected chi connectivity index (χ0v) is 19.7. The lowest BCUT2D eigenvalue weighted by atomic mass is 9.84. The third-order valence-electron chi connectivity index (χ3n) is 5.29. The first-order valence-corrected chi connectivity index (χ1v) is 11.2. The summed E-state index contributed by atoms with van der Waals surface area (Å²) in [6, 6.07) is 21.2. The quantitative estimate of drug-likeness (QED) is 0.247. The Balaban J connectivity index is 1.79. The van der Waals surface area contributed by atoms with Gasteiger partial charge in [-0.3, -0.25) is 9.59 Å². The maximum absolute atomic E-state index is 13.5. The molecule has 0 spiro atoms. The van der Waals surface area contributed by atoms with Crippen molar-refractivity contribution in [3.05, 3.63) is 99.5 Å². The van der Waals surface area contributed by atoms with Gasteiger partial charge in [-0.1, -0.05) is 47.5 Å². The van der Waals surface area contributed by atoms with Gasteiger partial charge in [0.1, 0.15) is 5.57 Å². The topological polar surface area (TPSA) is 70.2 Å². The monoisotopic (exact) mass is 479 g/mol. The molecule has 168 valence electrons. The van der Waals surface area contributed by atoms with Crippen LogP contribution in [0, 0.1) is 0 Å². The first-order valence-electron chi connectivity index (χ1n) is 10.5. The van der Waals surface area contributed by atoms with Crippen molar-refractivity contribution < 1.29 is 9.59 Å². The zero-order valence-electron chi connectivity index (χ0n) is 18.2. The summed E-state index contributed by atoms with van der Waals surface area (Å²) in [4.78, 5) is 27.0. The molecule has 0 atom stereocenters. The Labute approximate surface area is 202 Å². The maximum Gasteiger partial charge on any atom is 0.263 e. The van der Waals surface area contributed by atoms with E-state index in [0.29, 0.717) is 27.1 Å². The van der Waals surface area contributed by atoms with Crippen molar-refractivity contribution in [3.8, 4) is 0 Å². The van der Waals surface area contributed by atoms with E-state index in [0.717, 1.165) is 17.5 Å². The first-order chi connectivity index (χ1) is 15.7. The van der Waals surface area contributed by atoms with Crippen LogP contribution in [0.4, 0.5) is 11.4 Å². The summed E-state index contributed by atoms with van der Waals surface area (Å²) in [6.45, 7) is 4.07. The van der Waals surface area contributed by atoms with Crippen LogP contribution in [0.15, 0.2) is 78.4 Å². The fourth-order valence-corrected chi connectivity index (χ4v) is 4.08. The zero-order chi connectivity index (χ0) is 23.6. The molecule has 0 saturated heterocycles. The molecule has 5 nitrogen and oxygen atoms in total. The third-order valence-corrected chi connectivity index (χ3v) is 5.79. The van der Waals surface area contributed by atoms with Crippen LogP contribution in [-0.4, -0.2) is 17.4 Å². The van der Waals surface area contributed by atoms with E-state index in [1.165, 1.54) is 0 Å². The van der Waals surface area contributed by atoms with Gasteiger partial charge < -0.3 is 16.0 Å². The molecule has 0 aromatic heterocycles. The Kier molecular flexibility index (Phi) is 6.45. The number of carbonyl (C=O) groups is 2. The van der Waals surface area contributed by atoms with Gasteiger partial charge in [0.2, 0.25) is 0 Å². The van der Waals surface area contributed by atoms with Gasteiger partial charge in [-0.25, -0.2) is 0 Å². The molecule has 1 heterocycles. The predicted octanol–water partition coefficient (Wildman–Crippen LogP) is 5.91. The molecule has 3 N–H and O–H groups in total. The lowest BCUT2D eigenvalue weighted by Crippen LogP contribution is -2.45. The summed E-state index contributed by atoms with van der Waals surface area (Å²) in [7, 11) is 0. The smallest absolute Gasteiger partial charge is 0.263 e. The largest absolute Gasteiger partial charge is 0.379 e. The molecular formula is C26H23Cl2N3O2. The van der Waals surface area contributed by atoms with Crippen molar-refractivity contribution in [2.75, 3.05) is 10.6 Å². The number of carbonyl (C=O) groups excluding carboxylic acids is 2. The van der Waals surface area contributed by atoms with Gasteiger partial charge in [-0.2, -0.15) is 0 Å². The molecule has 0 radical (unpaired) electrons. The second-order valence-electron chi connectivity index (χ2n) is 8.51. The molecule has 4 rings (SSSR count). The average Bonchev–Trinajstić information content (AvgIpc) is 2.76. The minimum atomic E-state index is -0.529. The van der Waals surface area contributed by atoms with Gasteiger partial charge in [0, 0.05) is 32.5 Å². The highest BCUT2D eigenvalue weighted by Crippen LogP contribution is 2.32. The normalized spacial score (nSPS) is 14.0. The molecule has 0 unspecified atom stereocenters. The maximum atomic E-state index is 13.5. The molecule has 33 heavy (non-hydrogen) atoms. The summed E-state index contributed by atoms with van der Waals surface area (Å²) in [5.74, 6) is -1.06. The molecule has 3 aromatic carbocycles. The summed E-state index contributed by atoms with van der Waals surface area (Å²) in [6.07, 6.45) is 0.761. The van der Waals surface area contributed by atoms with Gasteiger partial charge in [-0.05, 0) is 74.4 Å². The molecule has 7 heteroatoms. The van der Waals surface area contributed by atoms with Crippen LogP contribution in [0.2, 0.25) is 10.0 Å². The van der Waals surface area contributed by atoms with Crippen molar-refractivity contribution >= 4 is 52.1 Å². The summed E-state index contributed by atoms with van der Waals surface area (Å²) >= 11 is 11.9. The first kappa shape index (κ1) is 22.9. The molecule has 3 aromatic rings. The lowest BCUT2D eigenvalue weighted by Gasteiger charge is -2.36.